The van der Waals surface area contributed by atoms with Crippen LogP contribution in [-0.2, 0) is 23.8 Å². The lowest BCUT2D eigenvalue weighted by Crippen LogP contribution is -2.41. The van der Waals surface area contributed by atoms with Gasteiger partial charge in [-0.05, 0) is 56.8 Å². The van der Waals surface area contributed by atoms with E-state index in [0.29, 0.717) is 12.3 Å². The van der Waals surface area contributed by atoms with E-state index in [4.69, 9.17) is 18.6 Å². The lowest BCUT2D eigenvalue weighted by Gasteiger charge is -2.32. The Hall–Kier alpha value is -3.31. The van der Waals surface area contributed by atoms with Gasteiger partial charge in [0, 0.05) is 44.8 Å². The molecule has 0 bridgehead atoms. The predicted molar refractivity (Wildman–Crippen MR) is 170 cm³/mol. The van der Waals surface area contributed by atoms with E-state index in [2.05, 4.69) is 4.98 Å². The molecule has 1 fully saturated rings. The molecule has 0 radical (unpaired) electrons. The molecule has 10 nitrogen and oxygen atoms in total. The fraction of sp³-hybridized carbons (Fsp3) is 0.571. The Balaban J connectivity index is 1.82. The molecule has 1 aromatic rings. The number of esters is 1. The second-order valence-corrected chi connectivity index (χ2v) is 12.6. The van der Waals surface area contributed by atoms with Crippen LogP contribution in [0.1, 0.15) is 71.9 Å². The van der Waals surface area contributed by atoms with E-state index in [1.165, 1.54) is 6.08 Å². The van der Waals surface area contributed by atoms with Crippen LogP contribution in [0.25, 0.3) is 6.08 Å². The number of allylic oxidation sites excluding steroid dienone is 5. The Labute approximate surface area is 266 Å². The first-order chi connectivity index (χ1) is 21.2. The number of cyclic esters (lactones) is 1. The van der Waals surface area contributed by atoms with Crippen LogP contribution in [0.3, 0.4) is 0 Å². The van der Waals surface area contributed by atoms with Crippen molar-refractivity contribution in [3.05, 3.63) is 71.5 Å². The van der Waals surface area contributed by atoms with Crippen molar-refractivity contribution < 1.29 is 43.5 Å². The molecule has 1 aromatic heterocycles. The molecule has 10 heteroatoms. The van der Waals surface area contributed by atoms with Gasteiger partial charge in [0.2, 0.25) is 0 Å². The number of carbonyl (C=O) groups excluding carboxylic acids is 1. The minimum absolute atomic E-state index is 0.114. The fourth-order valence-corrected chi connectivity index (χ4v) is 5.76. The number of nitrogens with zero attached hydrogens (tertiary/aromatic N) is 1. The van der Waals surface area contributed by atoms with Crippen LogP contribution in [0.15, 0.2) is 64.4 Å². The monoisotopic (exact) mass is 627 g/mol. The molecule has 3 N–H and O–H groups in total. The standard InChI is InChI=1S/C35H49NO9/c1-21(16-27-20-43-25(5)36-27)10-8-11-23(3)34(42-7)24(4)29-19-30(38)35(6)31(45-35)15-14-22(2)28(37)17-26(18-32(39)40)12-9-13-33(41)44-29/h8-11,13-16,20,22,24,26,28-31,34,37-38H,12,17-19H2,1-7H3,(H,39,40)/b10-8+,13-9?,15-14?,21-16+,23-11+/t22-,24+,26-,28?,29?,30+,31-,34+,35?/m1/s1. The van der Waals surface area contributed by atoms with Crippen molar-refractivity contribution in [1.82, 2.24) is 4.98 Å². The zero-order chi connectivity index (χ0) is 33.3. The number of hydrogen-bond donors (Lipinski definition) is 3. The van der Waals surface area contributed by atoms with Crippen LogP contribution in [0.2, 0.25) is 0 Å². The first-order valence-corrected chi connectivity index (χ1v) is 15.5. The molecule has 2 aliphatic heterocycles. The van der Waals surface area contributed by atoms with Gasteiger partial charge in [0.25, 0.3) is 0 Å². The number of epoxide rings is 1. The lowest BCUT2D eigenvalue weighted by atomic mass is 9.85. The molecular formula is C35H49NO9. The molecule has 0 aromatic carbocycles. The number of oxazole rings is 1. The second-order valence-electron chi connectivity index (χ2n) is 12.6. The number of aliphatic hydroxyl groups is 2. The average molecular weight is 628 g/mol. The smallest absolute Gasteiger partial charge is 0.330 e. The zero-order valence-corrected chi connectivity index (χ0v) is 27.4. The number of rotatable bonds is 9. The number of carboxylic acids is 1. The molecule has 45 heavy (non-hydrogen) atoms. The predicted octanol–water partition coefficient (Wildman–Crippen LogP) is 5.35. The summed E-state index contributed by atoms with van der Waals surface area (Å²) in [6.07, 6.45) is 13.2. The van der Waals surface area contributed by atoms with Crippen molar-refractivity contribution in [1.29, 1.82) is 0 Å². The van der Waals surface area contributed by atoms with Crippen molar-refractivity contribution in [3.63, 3.8) is 0 Å². The first-order valence-electron chi connectivity index (χ1n) is 15.5. The van der Waals surface area contributed by atoms with E-state index >= 15 is 0 Å². The van der Waals surface area contributed by atoms with Crippen LogP contribution >= 0.6 is 0 Å². The summed E-state index contributed by atoms with van der Waals surface area (Å²) in [5.74, 6) is -1.92. The van der Waals surface area contributed by atoms with E-state index in [1.807, 2.05) is 71.1 Å². The highest BCUT2D eigenvalue weighted by atomic mass is 16.6. The number of carbonyl (C=O) groups is 2. The van der Waals surface area contributed by atoms with E-state index in [1.54, 1.807) is 26.4 Å². The summed E-state index contributed by atoms with van der Waals surface area (Å²) in [4.78, 5) is 28.8. The molecule has 9 atom stereocenters. The highest BCUT2D eigenvalue weighted by molar-refractivity contribution is 5.82. The number of aryl methyl sites for hydroxylation is 1. The van der Waals surface area contributed by atoms with Crippen LogP contribution in [0.5, 0.6) is 0 Å². The Kier molecular flexibility index (Phi) is 13.1. The van der Waals surface area contributed by atoms with E-state index < -0.39 is 42.0 Å². The molecule has 248 valence electrons. The number of ether oxygens (including phenoxy) is 3. The quantitative estimate of drug-likeness (QED) is 0.141. The Bertz CT molecular complexity index is 1310. The maximum absolute atomic E-state index is 13.0. The molecule has 0 amide bonds. The van der Waals surface area contributed by atoms with Crippen molar-refractivity contribution in [2.75, 3.05) is 7.11 Å². The number of aliphatic hydroxyl groups excluding tert-OH is 2. The van der Waals surface area contributed by atoms with Gasteiger partial charge in [-0.1, -0.05) is 50.3 Å². The van der Waals surface area contributed by atoms with Gasteiger partial charge in [0.1, 0.15) is 29.8 Å². The van der Waals surface area contributed by atoms with Gasteiger partial charge in [-0.2, -0.15) is 0 Å². The highest BCUT2D eigenvalue weighted by Gasteiger charge is 2.56. The Morgan fingerprint density at radius 3 is 2.62 bits per heavy atom. The van der Waals surface area contributed by atoms with Gasteiger partial charge in [-0.15, -0.1) is 0 Å². The summed E-state index contributed by atoms with van der Waals surface area (Å²) in [7, 11) is 1.60. The number of methoxy groups -OCH3 is 1. The Morgan fingerprint density at radius 2 is 1.98 bits per heavy atom. The van der Waals surface area contributed by atoms with Crippen molar-refractivity contribution in [2.24, 2.45) is 17.8 Å². The summed E-state index contributed by atoms with van der Waals surface area (Å²) in [6, 6.07) is 0. The summed E-state index contributed by atoms with van der Waals surface area (Å²) < 4.78 is 22.9. The van der Waals surface area contributed by atoms with E-state index in [9.17, 15) is 24.9 Å². The number of hydrogen-bond acceptors (Lipinski definition) is 9. The summed E-state index contributed by atoms with van der Waals surface area (Å²) in [6.45, 7) is 11.3. The van der Waals surface area contributed by atoms with Gasteiger partial charge in [0.15, 0.2) is 5.89 Å². The van der Waals surface area contributed by atoms with Gasteiger partial charge in [0.05, 0.1) is 18.3 Å². The SMILES string of the molecule is CO[C@@H](/C(C)=C/C=C/C(C)=C/c1coc(C)n1)[C@@H](C)C1C[C@H](O)C2(C)O[C@@H]2C=C[C@@H](C)C(O)C[C@H](CC(=O)O)CC=CC(=O)O1. The lowest BCUT2D eigenvalue weighted by molar-refractivity contribution is -0.150. The van der Waals surface area contributed by atoms with Crippen LogP contribution in [-0.4, -0.2) is 75.5 Å². The average Bonchev–Trinajstić information content (AvgIpc) is 3.47. The van der Waals surface area contributed by atoms with Gasteiger partial charge in [-0.3, -0.25) is 4.79 Å². The maximum Gasteiger partial charge on any atom is 0.330 e. The van der Waals surface area contributed by atoms with Gasteiger partial charge >= 0.3 is 11.9 Å². The summed E-state index contributed by atoms with van der Waals surface area (Å²) >= 11 is 0. The highest BCUT2D eigenvalue weighted by Crippen LogP contribution is 2.43. The molecule has 1 saturated heterocycles. The molecule has 3 heterocycles. The third kappa shape index (κ3) is 10.6. The van der Waals surface area contributed by atoms with Crippen molar-refractivity contribution in [2.45, 2.75) is 103 Å². The van der Waals surface area contributed by atoms with Gasteiger partial charge < -0.3 is 33.9 Å². The van der Waals surface area contributed by atoms with Gasteiger partial charge in [-0.25, -0.2) is 9.78 Å². The molecule has 0 aliphatic carbocycles. The molecule has 3 unspecified atom stereocenters. The third-order valence-electron chi connectivity index (χ3n) is 8.73. The zero-order valence-electron chi connectivity index (χ0n) is 27.4. The molecule has 2 aliphatic rings. The normalized spacial score (nSPS) is 31.8. The first kappa shape index (κ1) is 36.2. The molecule has 0 saturated carbocycles. The van der Waals surface area contributed by atoms with Crippen LogP contribution < -0.4 is 0 Å². The minimum atomic E-state index is -0.967. The largest absolute Gasteiger partial charge is 0.481 e. The summed E-state index contributed by atoms with van der Waals surface area (Å²) in [5.41, 5.74) is 1.74. The van der Waals surface area contributed by atoms with Crippen molar-refractivity contribution in [3.8, 4) is 0 Å². The maximum atomic E-state index is 13.0. The fourth-order valence-electron chi connectivity index (χ4n) is 5.76. The van der Waals surface area contributed by atoms with Crippen LogP contribution in [0, 0.1) is 24.7 Å². The summed E-state index contributed by atoms with van der Waals surface area (Å²) in [5, 5.41) is 31.4. The third-order valence-corrected chi connectivity index (χ3v) is 8.73. The molecule has 3 rings (SSSR count). The second kappa shape index (κ2) is 16.3. The van der Waals surface area contributed by atoms with Crippen molar-refractivity contribution >= 4 is 18.0 Å². The number of carboxylic acid groups (broad SMARTS) is 1. The minimum Gasteiger partial charge on any atom is -0.481 e. The topological polar surface area (TPSA) is 152 Å². The molecular weight excluding hydrogens is 578 g/mol. The molecule has 0 spiro atoms. The van der Waals surface area contributed by atoms with E-state index in [-0.39, 0.29) is 43.1 Å². The van der Waals surface area contributed by atoms with E-state index in [0.717, 1.165) is 16.8 Å². The number of aliphatic carboxylic acids is 1. The number of aromatic nitrogens is 1. The Morgan fingerprint density at radius 1 is 1.24 bits per heavy atom. The number of fused-ring (bicyclic) bond motifs is 1. The van der Waals surface area contributed by atoms with Crippen LogP contribution in [0.4, 0.5) is 0 Å².